The lowest BCUT2D eigenvalue weighted by Gasteiger charge is -2.40. The maximum Gasteiger partial charge on any atom is 0.253 e. The lowest BCUT2D eigenvalue weighted by atomic mass is 9.77. The van der Waals surface area contributed by atoms with Gasteiger partial charge >= 0.3 is 0 Å². The quantitative estimate of drug-likeness (QED) is 0.518. The molecule has 1 spiro atoms. The van der Waals surface area contributed by atoms with Crippen molar-refractivity contribution in [1.82, 2.24) is 24.7 Å². The highest BCUT2D eigenvalue weighted by Gasteiger charge is 2.42. The van der Waals surface area contributed by atoms with Gasteiger partial charge in [-0.3, -0.25) is 14.7 Å². The third-order valence-electron chi connectivity index (χ3n) is 9.29. The third-order valence-corrected chi connectivity index (χ3v) is 9.29. The summed E-state index contributed by atoms with van der Waals surface area (Å²) in [6.07, 6.45) is 17.9. The first kappa shape index (κ1) is 25.5. The summed E-state index contributed by atoms with van der Waals surface area (Å²) >= 11 is 0. The minimum absolute atomic E-state index is 0.195. The lowest BCUT2D eigenvalue weighted by Crippen LogP contribution is -2.43. The van der Waals surface area contributed by atoms with Gasteiger partial charge in [0.15, 0.2) is 0 Å². The van der Waals surface area contributed by atoms with E-state index in [0.717, 1.165) is 62.9 Å². The molecule has 1 aliphatic carbocycles. The van der Waals surface area contributed by atoms with E-state index >= 15 is 0 Å². The number of nitrogens with zero attached hydrogens (tertiary/aromatic N) is 5. The van der Waals surface area contributed by atoms with E-state index in [0.29, 0.717) is 5.41 Å². The fraction of sp³-hybridized carbons (Fsp3) is 0.581. The Balaban J connectivity index is 1.02. The molecule has 4 heterocycles. The van der Waals surface area contributed by atoms with Crippen LogP contribution in [0.5, 0.6) is 0 Å². The largest absolute Gasteiger partial charge is 0.348 e. The third kappa shape index (κ3) is 6.10. The zero-order valence-corrected chi connectivity index (χ0v) is 22.7. The number of aromatic nitrogens is 2. The number of amides is 1. The molecule has 1 amide bonds. The molecule has 2 aromatic rings. The average Bonchev–Trinajstić information content (AvgIpc) is 3.75. The summed E-state index contributed by atoms with van der Waals surface area (Å²) in [6, 6.07) is 8.27. The zero-order valence-electron chi connectivity index (χ0n) is 22.7. The van der Waals surface area contributed by atoms with Gasteiger partial charge in [0, 0.05) is 69.0 Å². The van der Waals surface area contributed by atoms with E-state index in [1.165, 1.54) is 69.4 Å². The van der Waals surface area contributed by atoms with Gasteiger partial charge in [0.25, 0.3) is 5.91 Å². The molecule has 6 rings (SSSR count). The van der Waals surface area contributed by atoms with Crippen LogP contribution in [0.2, 0.25) is 0 Å². The summed E-state index contributed by atoms with van der Waals surface area (Å²) in [7, 11) is 0. The van der Waals surface area contributed by atoms with Gasteiger partial charge in [0.05, 0.1) is 6.54 Å². The van der Waals surface area contributed by atoms with E-state index in [9.17, 15) is 4.79 Å². The number of aromatic amines is 1. The van der Waals surface area contributed by atoms with Crippen LogP contribution in [0, 0.1) is 11.3 Å². The normalized spacial score (nSPS) is 21.7. The molecule has 202 valence electrons. The summed E-state index contributed by atoms with van der Waals surface area (Å²) in [5.74, 6) is 2.08. The van der Waals surface area contributed by atoms with Crippen LogP contribution in [0.25, 0.3) is 0 Å². The van der Waals surface area contributed by atoms with Gasteiger partial charge in [-0.2, -0.15) is 0 Å². The maximum atomic E-state index is 13.4. The van der Waals surface area contributed by atoms with Crippen LogP contribution in [-0.2, 0) is 13.1 Å². The van der Waals surface area contributed by atoms with Crippen molar-refractivity contribution in [1.29, 1.82) is 0 Å². The number of rotatable bonds is 9. The number of hydrogen-bond acceptors (Lipinski definition) is 5. The number of carbonyl (C=O) groups excluding carboxylic acids is 1. The predicted octanol–water partition coefficient (Wildman–Crippen LogP) is 4.89. The molecule has 1 saturated carbocycles. The predicted molar refractivity (Wildman–Crippen MR) is 151 cm³/mol. The first-order chi connectivity index (χ1) is 18.6. The molecule has 7 nitrogen and oxygen atoms in total. The summed E-state index contributed by atoms with van der Waals surface area (Å²) < 4.78 is 0. The van der Waals surface area contributed by atoms with Crippen molar-refractivity contribution < 1.29 is 4.79 Å². The number of benzene rings is 1. The first-order valence-electron chi connectivity index (χ1n) is 14.7. The molecule has 0 radical (unpaired) electrons. The van der Waals surface area contributed by atoms with Gasteiger partial charge in [-0.15, -0.1) is 0 Å². The number of piperidine rings is 1. The van der Waals surface area contributed by atoms with Crippen molar-refractivity contribution in [2.24, 2.45) is 16.3 Å². The van der Waals surface area contributed by atoms with E-state index in [-0.39, 0.29) is 5.91 Å². The van der Waals surface area contributed by atoms with Crippen LogP contribution < -0.4 is 0 Å². The van der Waals surface area contributed by atoms with Gasteiger partial charge in [-0.1, -0.05) is 31.1 Å². The topological polar surface area (TPSA) is 67.8 Å². The molecule has 38 heavy (non-hydrogen) atoms. The standard InChI is InChI=1S/C31H42N6O/c38-30(37-19-13-31(24-37)11-17-35(18-12-31)20-25-4-1-2-5-25)27-9-7-26(8-10-27)21-36(22-28-6-3-14-32-28)23-29-33-15-16-34-29/h3,7-10,14-16,25H,1-2,4-6,11-13,17-24H2,(H,33,34). The van der Waals surface area contributed by atoms with Crippen LogP contribution in [0.4, 0.5) is 0 Å². The van der Waals surface area contributed by atoms with Crippen LogP contribution >= 0.6 is 0 Å². The lowest BCUT2D eigenvalue weighted by molar-refractivity contribution is 0.0704. The minimum Gasteiger partial charge on any atom is -0.348 e. The Hall–Kier alpha value is -2.77. The van der Waals surface area contributed by atoms with E-state index in [2.05, 4.69) is 47.9 Å². The minimum atomic E-state index is 0.195. The number of imidazole rings is 1. The summed E-state index contributed by atoms with van der Waals surface area (Å²) in [5, 5.41) is 0. The Morgan fingerprint density at radius 3 is 2.53 bits per heavy atom. The smallest absolute Gasteiger partial charge is 0.253 e. The first-order valence-corrected chi connectivity index (χ1v) is 14.7. The highest BCUT2D eigenvalue weighted by molar-refractivity contribution is 5.94. The Labute approximate surface area is 227 Å². The summed E-state index contributed by atoms with van der Waals surface area (Å²) in [6.45, 7) is 7.89. The van der Waals surface area contributed by atoms with E-state index in [4.69, 9.17) is 0 Å². The Kier molecular flexibility index (Phi) is 7.75. The van der Waals surface area contributed by atoms with E-state index < -0.39 is 0 Å². The van der Waals surface area contributed by atoms with Gasteiger partial charge < -0.3 is 14.8 Å². The van der Waals surface area contributed by atoms with E-state index in [1.54, 1.807) is 6.20 Å². The van der Waals surface area contributed by atoms with Gasteiger partial charge in [-0.25, -0.2) is 4.98 Å². The molecule has 1 aromatic heterocycles. The highest BCUT2D eigenvalue weighted by atomic mass is 16.2. The molecule has 3 aliphatic heterocycles. The van der Waals surface area contributed by atoms with Gasteiger partial charge in [0.1, 0.15) is 5.82 Å². The Morgan fingerprint density at radius 2 is 1.82 bits per heavy atom. The number of H-pyrrole nitrogens is 1. The van der Waals surface area contributed by atoms with Crippen molar-refractivity contribution in [2.45, 2.75) is 64.5 Å². The SMILES string of the molecule is O=C(c1ccc(CN(CC2=NC=CC2)Cc2ncc[nH]2)cc1)N1CCC2(CCN(CC3CCCC3)CC2)C1. The second-order valence-electron chi connectivity index (χ2n) is 12.1. The number of allylic oxidation sites excluding steroid dienone is 1. The highest BCUT2D eigenvalue weighted by Crippen LogP contribution is 2.41. The molecule has 0 bridgehead atoms. The molecule has 0 atom stereocenters. The fourth-order valence-corrected chi connectivity index (χ4v) is 7.01. The number of likely N-dealkylation sites (tertiary alicyclic amines) is 2. The van der Waals surface area contributed by atoms with Crippen LogP contribution in [0.15, 0.2) is 53.9 Å². The molecule has 1 aromatic carbocycles. The second kappa shape index (κ2) is 11.5. The van der Waals surface area contributed by atoms with Crippen LogP contribution in [0.3, 0.4) is 0 Å². The fourth-order valence-electron chi connectivity index (χ4n) is 7.01. The molecular weight excluding hydrogens is 472 g/mol. The van der Waals surface area contributed by atoms with Gasteiger partial charge in [0.2, 0.25) is 0 Å². The molecule has 0 unspecified atom stereocenters. The molecule has 4 aliphatic rings. The summed E-state index contributed by atoms with van der Waals surface area (Å²) in [4.78, 5) is 32.7. The maximum absolute atomic E-state index is 13.4. The van der Waals surface area contributed by atoms with Crippen molar-refractivity contribution in [3.05, 3.63) is 65.9 Å². The monoisotopic (exact) mass is 514 g/mol. The molecule has 2 saturated heterocycles. The second-order valence-corrected chi connectivity index (χ2v) is 12.1. The van der Waals surface area contributed by atoms with Crippen molar-refractivity contribution in [3.8, 4) is 0 Å². The van der Waals surface area contributed by atoms with Crippen LogP contribution in [-0.4, -0.2) is 75.6 Å². The molecule has 3 fully saturated rings. The summed E-state index contributed by atoms with van der Waals surface area (Å²) in [5.41, 5.74) is 3.53. The molecule has 7 heteroatoms. The average molecular weight is 515 g/mol. The zero-order chi connectivity index (χ0) is 25.8. The van der Waals surface area contributed by atoms with Crippen molar-refractivity contribution in [3.63, 3.8) is 0 Å². The van der Waals surface area contributed by atoms with Crippen LogP contribution in [0.1, 0.15) is 73.1 Å². The Morgan fingerprint density at radius 1 is 1.03 bits per heavy atom. The van der Waals surface area contributed by atoms with Crippen molar-refractivity contribution >= 4 is 11.6 Å². The van der Waals surface area contributed by atoms with Gasteiger partial charge in [-0.05, 0) is 74.2 Å². The Bertz CT molecular complexity index is 1120. The van der Waals surface area contributed by atoms with Crippen molar-refractivity contribution in [2.75, 3.05) is 39.3 Å². The number of nitrogens with one attached hydrogen (secondary N) is 1. The molecule has 1 N–H and O–H groups in total. The van der Waals surface area contributed by atoms with E-state index in [1.807, 2.05) is 24.5 Å². The molecular formula is C31H42N6O. The number of hydrogen-bond donors (Lipinski definition) is 1. The number of aliphatic imine (C=N–C) groups is 1. The number of carbonyl (C=O) groups is 1.